The van der Waals surface area contributed by atoms with Crippen molar-refractivity contribution < 1.29 is 36.3 Å². The molecule has 1 aliphatic rings. The van der Waals surface area contributed by atoms with Crippen molar-refractivity contribution in [1.82, 2.24) is 15.4 Å². The lowest BCUT2D eigenvalue weighted by Gasteiger charge is -2.39. The Kier molecular flexibility index (Phi) is 9.03. The van der Waals surface area contributed by atoms with Crippen molar-refractivity contribution in [3.8, 4) is 11.5 Å². The van der Waals surface area contributed by atoms with Gasteiger partial charge in [0, 0.05) is 32.0 Å². The third-order valence-electron chi connectivity index (χ3n) is 6.37. The second-order valence-electron chi connectivity index (χ2n) is 8.67. The van der Waals surface area contributed by atoms with Crippen molar-refractivity contribution in [1.29, 1.82) is 0 Å². The van der Waals surface area contributed by atoms with E-state index >= 15 is 0 Å². The van der Waals surface area contributed by atoms with E-state index in [1.807, 2.05) is 11.0 Å². The lowest BCUT2D eigenvalue weighted by molar-refractivity contribution is -0.137. The first kappa shape index (κ1) is 29.4. The van der Waals surface area contributed by atoms with Crippen LogP contribution in [0.3, 0.4) is 0 Å². The van der Waals surface area contributed by atoms with Crippen LogP contribution in [0.1, 0.15) is 24.0 Å². The quantitative estimate of drug-likeness (QED) is 0.314. The predicted octanol–water partition coefficient (Wildman–Crippen LogP) is 4.63. The first-order chi connectivity index (χ1) is 17.5. The molecule has 1 saturated heterocycles. The number of halogens is 4. The maximum atomic E-state index is 13.6. The Hall–Kier alpha value is -3.19. The van der Waals surface area contributed by atoms with Crippen molar-refractivity contribution in [2.45, 2.75) is 35.2 Å². The number of nitrogens with zero attached hydrogens (tertiary/aromatic N) is 2. The molecule has 0 radical (unpaired) electrons. The number of sulfone groups is 1. The summed E-state index contributed by atoms with van der Waals surface area (Å²) in [5, 5.41) is 9.37. The third-order valence-corrected chi connectivity index (χ3v) is 8.89. The van der Waals surface area contributed by atoms with Gasteiger partial charge < -0.3 is 4.74 Å². The number of likely N-dealkylation sites (tertiary alicyclic amines) is 1. The van der Waals surface area contributed by atoms with Gasteiger partial charge in [0.2, 0.25) is 0 Å². The van der Waals surface area contributed by atoms with Gasteiger partial charge in [0.15, 0.2) is 14.6 Å². The molecule has 1 aromatic heterocycles. The van der Waals surface area contributed by atoms with E-state index in [1.54, 1.807) is 18.5 Å². The van der Waals surface area contributed by atoms with Gasteiger partial charge in [0.1, 0.15) is 11.5 Å². The van der Waals surface area contributed by atoms with E-state index in [9.17, 15) is 31.6 Å². The van der Waals surface area contributed by atoms with Crippen molar-refractivity contribution in [3.05, 3.63) is 84.2 Å². The Balaban J connectivity index is 0.00000400. The summed E-state index contributed by atoms with van der Waals surface area (Å²) in [6.45, 7) is 1.15. The number of nitrogens with one attached hydrogen (secondary N) is 1. The fourth-order valence-corrected chi connectivity index (χ4v) is 6.26. The minimum absolute atomic E-state index is 0. The number of rotatable bonds is 7. The molecule has 0 spiro atoms. The molecular formula is C25H25ClF3N3O5S. The van der Waals surface area contributed by atoms with Crippen molar-refractivity contribution in [2.24, 2.45) is 0 Å². The van der Waals surface area contributed by atoms with E-state index < -0.39 is 32.2 Å². The Labute approximate surface area is 223 Å². The van der Waals surface area contributed by atoms with E-state index in [0.29, 0.717) is 19.6 Å². The lowest BCUT2D eigenvalue weighted by atomic mass is 9.94. The highest BCUT2D eigenvalue weighted by atomic mass is 35.5. The molecule has 1 amide bonds. The predicted molar refractivity (Wildman–Crippen MR) is 134 cm³/mol. The molecule has 4 rings (SSSR count). The van der Waals surface area contributed by atoms with Crippen LogP contribution in [0.5, 0.6) is 11.5 Å². The molecule has 1 aliphatic heterocycles. The number of carbonyl (C=O) groups is 1. The molecule has 2 aromatic carbocycles. The fourth-order valence-electron chi connectivity index (χ4n) is 4.30. The molecule has 2 heterocycles. The van der Waals surface area contributed by atoms with Crippen LogP contribution in [-0.4, -0.2) is 47.3 Å². The number of piperidine rings is 1. The number of hydrogen-bond donors (Lipinski definition) is 2. The summed E-state index contributed by atoms with van der Waals surface area (Å²) in [6.07, 6.45) is -1.17. The van der Waals surface area contributed by atoms with Crippen LogP contribution in [0.4, 0.5) is 13.2 Å². The molecule has 204 valence electrons. The second-order valence-corrected chi connectivity index (χ2v) is 10.9. The minimum Gasteiger partial charge on any atom is -0.457 e. The van der Waals surface area contributed by atoms with E-state index in [2.05, 4.69) is 4.98 Å². The van der Waals surface area contributed by atoms with Gasteiger partial charge in [-0.15, -0.1) is 12.4 Å². The molecule has 3 aromatic rings. The summed E-state index contributed by atoms with van der Waals surface area (Å²) < 4.78 is 69.1. The Morgan fingerprint density at radius 3 is 2.11 bits per heavy atom. The van der Waals surface area contributed by atoms with E-state index in [1.165, 1.54) is 29.7 Å². The Morgan fingerprint density at radius 2 is 1.61 bits per heavy atom. The van der Waals surface area contributed by atoms with Gasteiger partial charge in [-0.1, -0.05) is 6.07 Å². The highest BCUT2D eigenvalue weighted by molar-refractivity contribution is 7.93. The van der Waals surface area contributed by atoms with E-state index in [4.69, 9.17) is 4.74 Å². The normalized spacial score (nSPS) is 15.8. The second kappa shape index (κ2) is 11.7. The van der Waals surface area contributed by atoms with Gasteiger partial charge in [0.25, 0.3) is 5.91 Å². The fraction of sp³-hybridized carbons (Fsp3) is 0.280. The smallest absolute Gasteiger partial charge is 0.416 e. The van der Waals surface area contributed by atoms with Crippen molar-refractivity contribution >= 4 is 28.2 Å². The lowest BCUT2D eigenvalue weighted by Crippen LogP contribution is -2.57. The highest BCUT2D eigenvalue weighted by Gasteiger charge is 2.52. The first-order valence-electron chi connectivity index (χ1n) is 11.3. The van der Waals surface area contributed by atoms with Crippen molar-refractivity contribution in [3.63, 3.8) is 0 Å². The number of aromatic nitrogens is 1. The number of benzene rings is 2. The summed E-state index contributed by atoms with van der Waals surface area (Å²) in [5.41, 5.74) is 1.66. The number of alkyl halides is 3. The maximum absolute atomic E-state index is 13.6. The first-order valence-corrected chi connectivity index (χ1v) is 12.8. The summed E-state index contributed by atoms with van der Waals surface area (Å²) in [6, 6.07) is 13.0. The molecule has 38 heavy (non-hydrogen) atoms. The highest BCUT2D eigenvalue weighted by Crippen LogP contribution is 2.37. The molecule has 0 saturated carbocycles. The number of hydrogen-bond acceptors (Lipinski definition) is 7. The number of hydroxylamine groups is 1. The molecule has 2 N–H and O–H groups in total. The van der Waals surface area contributed by atoms with Crippen molar-refractivity contribution in [2.75, 3.05) is 13.1 Å². The molecule has 0 aliphatic carbocycles. The van der Waals surface area contributed by atoms with Crippen LogP contribution in [-0.2, 0) is 27.4 Å². The number of ether oxygens (including phenoxy) is 1. The Morgan fingerprint density at radius 1 is 1.03 bits per heavy atom. The number of carbonyl (C=O) groups excluding carboxylic acids is 1. The third kappa shape index (κ3) is 6.09. The summed E-state index contributed by atoms with van der Waals surface area (Å²) in [5.74, 6) is -0.662. The van der Waals surface area contributed by atoms with Crippen LogP contribution in [0.15, 0.2) is 78.0 Å². The largest absolute Gasteiger partial charge is 0.457 e. The van der Waals surface area contributed by atoms with Crippen LogP contribution >= 0.6 is 12.4 Å². The van der Waals surface area contributed by atoms with Gasteiger partial charge in [-0.2, -0.15) is 13.2 Å². The number of pyridine rings is 1. The number of amides is 1. The summed E-state index contributed by atoms with van der Waals surface area (Å²) in [7, 11) is -4.23. The van der Waals surface area contributed by atoms with Crippen LogP contribution in [0.2, 0.25) is 0 Å². The van der Waals surface area contributed by atoms with Gasteiger partial charge in [-0.25, -0.2) is 13.9 Å². The molecule has 0 atom stereocenters. The molecule has 8 nitrogen and oxygen atoms in total. The monoisotopic (exact) mass is 571 g/mol. The zero-order chi connectivity index (χ0) is 26.7. The Bertz CT molecular complexity index is 1330. The van der Waals surface area contributed by atoms with Crippen LogP contribution < -0.4 is 10.2 Å². The summed E-state index contributed by atoms with van der Waals surface area (Å²) >= 11 is 0. The topological polar surface area (TPSA) is 109 Å². The molecular weight excluding hydrogens is 547 g/mol. The van der Waals surface area contributed by atoms with Gasteiger partial charge in [-0.05, 0) is 73.0 Å². The average Bonchev–Trinajstić information content (AvgIpc) is 2.89. The summed E-state index contributed by atoms with van der Waals surface area (Å²) in [4.78, 5) is 18.6. The molecule has 0 bridgehead atoms. The molecule has 1 fully saturated rings. The molecule has 0 unspecified atom stereocenters. The maximum Gasteiger partial charge on any atom is 0.416 e. The van der Waals surface area contributed by atoms with E-state index in [-0.39, 0.29) is 41.6 Å². The SMILES string of the molecule is Cl.O=C(NO)C1(S(=O)(=O)c2ccc(Oc3ccc(C(F)(F)F)cc3)cc2)CCN(Cc2cccnc2)CC1. The van der Waals surface area contributed by atoms with E-state index in [0.717, 1.165) is 29.8 Å². The van der Waals surface area contributed by atoms with Gasteiger partial charge in [0.05, 0.1) is 10.5 Å². The zero-order valence-electron chi connectivity index (χ0n) is 19.9. The average molecular weight is 572 g/mol. The van der Waals surface area contributed by atoms with Crippen LogP contribution in [0.25, 0.3) is 0 Å². The minimum atomic E-state index is -4.47. The molecule has 13 heteroatoms. The standard InChI is InChI=1S/C25H24F3N3O5S.ClH/c26-25(27,28)19-3-5-20(6-4-19)36-21-7-9-22(10-8-21)37(34,35)24(23(32)30-33)11-14-31(15-12-24)17-18-2-1-13-29-16-18;/h1-10,13,16,33H,11-12,14-15,17H2,(H,30,32);1H. The van der Waals surface area contributed by atoms with Gasteiger partial charge >= 0.3 is 6.18 Å². The van der Waals surface area contributed by atoms with Gasteiger partial charge in [-0.3, -0.25) is 19.9 Å². The van der Waals surface area contributed by atoms with Crippen LogP contribution in [0, 0.1) is 0 Å². The zero-order valence-corrected chi connectivity index (χ0v) is 21.5.